The minimum atomic E-state index is -2.59. The summed E-state index contributed by atoms with van der Waals surface area (Å²) in [5.74, 6) is -0.661. The molecule has 3 N–H and O–H groups in total. The molecule has 1 saturated carbocycles. The molecule has 1 fully saturated rings. The Hall–Kier alpha value is -1.40. The van der Waals surface area contributed by atoms with E-state index in [4.69, 9.17) is 10.9 Å². The van der Waals surface area contributed by atoms with E-state index in [0.29, 0.717) is 12.8 Å². The highest BCUT2D eigenvalue weighted by Gasteiger charge is 2.45. The van der Waals surface area contributed by atoms with Gasteiger partial charge in [0.1, 0.15) is 5.41 Å². The van der Waals surface area contributed by atoms with Crippen LogP contribution in [0.2, 0.25) is 0 Å². The number of rotatable bonds is 4. The van der Waals surface area contributed by atoms with Crippen molar-refractivity contribution >= 4 is 11.7 Å². The molecule has 0 aromatic carbocycles. The molecule has 0 atom stereocenters. The molecule has 0 spiro atoms. The molecule has 0 saturated heterocycles. The van der Waals surface area contributed by atoms with E-state index in [0.717, 1.165) is 24.2 Å². The number of halogens is 2. The number of hydrogen-bond acceptors (Lipinski definition) is 3. The Labute approximate surface area is 105 Å². The Morgan fingerprint density at radius 1 is 1.44 bits per heavy atom. The average molecular weight is 263 g/mol. The Kier molecular flexibility index (Phi) is 4.86. The van der Waals surface area contributed by atoms with Gasteiger partial charge in [-0.3, -0.25) is 4.79 Å². The van der Waals surface area contributed by atoms with E-state index in [1.165, 1.54) is 7.05 Å². The van der Waals surface area contributed by atoms with Crippen molar-refractivity contribution in [2.24, 2.45) is 16.3 Å². The predicted octanol–water partition coefficient (Wildman–Crippen LogP) is 1.41. The average Bonchev–Trinajstić information content (AvgIpc) is 2.36. The standard InChI is InChI=1S/C11H19F2N3O2/c1-16(7-8(12)13)10(17)11(9(14)15-18)5-3-2-4-6-11/h8,18H,2-7H2,1H3,(H2,14,15). The van der Waals surface area contributed by atoms with Gasteiger partial charge in [-0.25, -0.2) is 8.78 Å². The van der Waals surface area contributed by atoms with Gasteiger partial charge in [0, 0.05) is 7.05 Å². The summed E-state index contributed by atoms with van der Waals surface area (Å²) >= 11 is 0. The largest absolute Gasteiger partial charge is 0.409 e. The number of oxime groups is 1. The fourth-order valence-corrected chi connectivity index (χ4v) is 2.49. The van der Waals surface area contributed by atoms with Gasteiger partial charge in [-0.05, 0) is 12.8 Å². The van der Waals surface area contributed by atoms with Gasteiger partial charge in [-0.2, -0.15) is 0 Å². The molecule has 104 valence electrons. The highest BCUT2D eigenvalue weighted by molar-refractivity contribution is 6.06. The van der Waals surface area contributed by atoms with E-state index in [2.05, 4.69) is 5.16 Å². The molecule has 1 aliphatic carbocycles. The zero-order valence-electron chi connectivity index (χ0n) is 10.4. The molecule has 18 heavy (non-hydrogen) atoms. The summed E-state index contributed by atoms with van der Waals surface area (Å²) in [4.78, 5) is 13.2. The van der Waals surface area contributed by atoms with E-state index in [1.807, 2.05) is 0 Å². The van der Waals surface area contributed by atoms with Crippen molar-refractivity contribution in [2.45, 2.75) is 38.5 Å². The van der Waals surface area contributed by atoms with Crippen LogP contribution in [0.25, 0.3) is 0 Å². The van der Waals surface area contributed by atoms with Gasteiger partial charge in [-0.15, -0.1) is 0 Å². The SMILES string of the molecule is CN(CC(F)F)C(=O)C1(C(N)=NO)CCCCC1. The normalized spacial score (nSPS) is 19.9. The van der Waals surface area contributed by atoms with Crippen LogP contribution in [-0.2, 0) is 4.79 Å². The quantitative estimate of drug-likeness (QED) is 0.348. The van der Waals surface area contributed by atoms with Crippen LogP contribution in [-0.4, -0.2) is 41.9 Å². The van der Waals surface area contributed by atoms with Crippen LogP contribution >= 0.6 is 0 Å². The summed E-state index contributed by atoms with van der Waals surface area (Å²) in [7, 11) is 1.31. The van der Waals surface area contributed by atoms with Gasteiger partial charge in [0.15, 0.2) is 5.84 Å². The number of hydrogen-bond donors (Lipinski definition) is 2. The van der Waals surface area contributed by atoms with E-state index < -0.39 is 24.3 Å². The molecule has 1 rings (SSSR count). The van der Waals surface area contributed by atoms with E-state index >= 15 is 0 Å². The first-order valence-corrected chi connectivity index (χ1v) is 5.96. The molecular formula is C11H19F2N3O2. The van der Waals surface area contributed by atoms with Crippen molar-refractivity contribution in [2.75, 3.05) is 13.6 Å². The lowest BCUT2D eigenvalue weighted by Gasteiger charge is -2.37. The zero-order valence-corrected chi connectivity index (χ0v) is 10.4. The molecule has 0 radical (unpaired) electrons. The number of amidine groups is 1. The molecule has 5 nitrogen and oxygen atoms in total. The van der Waals surface area contributed by atoms with E-state index in [-0.39, 0.29) is 5.84 Å². The second-order valence-corrected chi connectivity index (χ2v) is 4.70. The third-order valence-electron chi connectivity index (χ3n) is 3.47. The van der Waals surface area contributed by atoms with Crippen molar-refractivity contribution in [1.82, 2.24) is 4.90 Å². The first-order valence-electron chi connectivity index (χ1n) is 5.96. The Bertz CT molecular complexity index is 328. The molecule has 0 heterocycles. The summed E-state index contributed by atoms with van der Waals surface area (Å²) in [6.07, 6.45) is 0.790. The first-order chi connectivity index (χ1) is 8.44. The molecule has 0 aromatic rings. The zero-order chi connectivity index (χ0) is 13.8. The van der Waals surface area contributed by atoms with Crippen LogP contribution in [0.15, 0.2) is 5.16 Å². The highest BCUT2D eigenvalue weighted by Crippen LogP contribution is 2.38. The lowest BCUT2D eigenvalue weighted by Crippen LogP contribution is -2.52. The van der Waals surface area contributed by atoms with Gasteiger partial charge in [-0.1, -0.05) is 24.4 Å². The molecule has 0 unspecified atom stereocenters. The van der Waals surface area contributed by atoms with Gasteiger partial charge in [0.05, 0.1) is 6.54 Å². The number of nitrogens with zero attached hydrogens (tertiary/aromatic N) is 2. The maximum absolute atomic E-state index is 12.3. The predicted molar refractivity (Wildman–Crippen MR) is 62.6 cm³/mol. The highest BCUT2D eigenvalue weighted by atomic mass is 19.3. The molecule has 0 aromatic heterocycles. The summed E-state index contributed by atoms with van der Waals surface area (Å²) in [5, 5.41) is 11.7. The number of nitrogens with two attached hydrogens (primary N) is 1. The van der Waals surface area contributed by atoms with Gasteiger partial charge in [0.2, 0.25) is 5.91 Å². The summed E-state index contributed by atoms with van der Waals surface area (Å²) in [5.41, 5.74) is 4.50. The van der Waals surface area contributed by atoms with Crippen molar-refractivity contribution < 1.29 is 18.8 Å². The third kappa shape index (κ3) is 2.88. The van der Waals surface area contributed by atoms with Gasteiger partial charge in [0.25, 0.3) is 6.43 Å². The van der Waals surface area contributed by atoms with Gasteiger partial charge >= 0.3 is 0 Å². The lowest BCUT2D eigenvalue weighted by molar-refractivity contribution is -0.140. The second kappa shape index (κ2) is 5.97. The molecular weight excluding hydrogens is 244 g/mol. The number of amides is 1. The van der Waals surface area contributed by atoms with Gasteiger partial charge < -0.3 is 15.8 Å². The molecule has 1 aliphatic rings. The molecule has 1 amide bonds. The summed E-state index contributed by atoms with van der Waals surface area (Å²) in [6, 6.07) is 0. The smallest absolute Gasteiger partial charge is 0.255 e. The van der Waals surface area contributed by atoms with Crippen molar-refractivity contribution in [1.29, 1.82) is 0 Å². The second-order valence-electron chi connectivity index (χ2n) is 4.70. The van der Waals surface area contributed by atoms with Crippen LogP contribution in [0.1, 0.15) is 32.1 Å². The summed E-state index contributed by atoms with van der Waals surface area (Å²) in [6.45, 7) is -0.640. The molecule has 0 bridgehead atoms. The fourth-order valence-electron chi connectivity index (χ4n) is 2.49. The van der Waals surface area contributed by atoms with E-state index in [1.54, 1.807) is 0 Å². The number of alkyl halides is 2. The van der Waals surface area contributed by atoms with Crippen molar-refractivity contribution in [3.8, 4) is 0 Å². The van der Waals surface area contributed by atoms with Crippen LogP contribution in [0.5, 0.6) is 0 Å². The van der Waals surface area contributed by atoms with E-state index in [9.17, 15) is 13.6 Å². The van der Waals surface area contributed by atoms with Crippen LogP contribution in [0.3, 0.4) is 0 Å². The maximum atomic E-state index is 12.3. The fraction of sp³-hybridized carbons (Fsp3) is 0.818. The Morgan fingerprint density at radius 3 is 2.44 bits per heavy atom. The van der Waals surface area contributed by atoms with Crippen molar-refractivity contribution in [3.63, 3.8) is 0 Å². The summed E-state index contributed by atoms with van der Waals surface area (Å²) < 4.78 is 24.6. The maximum Gasteiger partial charge on any atom is 0.255 e. The van der Waals surface area contributed by atoms with Crippen LogP contribution < -0.4 is 5.73 Å². The third-order valence-corrected chi connectivity index (χ3v) is 3.47. The molecule has 7 heteroatoms. The minimum Gasteiger partial charge on any atom is -0.409 e. The van der Waals surface area contributed by atoms with Crippen molar-refractivity contribution in [3.05, 3.63) is 0 Å². The Morgan fingerprint density at radius 2 is 2.00 bits per heavy atom. The molecule has 0 aliphatic heterocycles. The van der Waals surface area contributed by atoms with Crippen LogP contribution in [0, 0.1) is 5.41 Å². The minimum absolute atomic E-state index is 0.173. The number of carbonyl (C=O) groups is 1. The lowest BCUT2D eigenvalue weighted by atomic mass is 9.72. The first kappa shape index (κ1) is 14.7. The van der Waals surface area contributed by atoms with Crippen LogP contribution in [0.4, 0.5) is 8.78 Å². The Balaban J connectivity index is 2.93. The number of carbonyl (C=O) groups excluding carboxylic acids is 1. The monoisotopic (exact) mass is 263 g/mol. The topological polar surface area (TPSA) is 78.9 Å².